The van der Waals surface area contributed by atoms with Crippen molar-refractivity contribution >= 4 is 43.9 Å². The summed E-state index contributed by atoms with van der Waals surface area (Å²) in [5, 5.41) is 4.55. The molecule has 15 rings (SSSR count). The first-order valence-electron chi connectivity index (χ1n) is 25.9. The fourth-order valence-electron chi connectivity index (χ4n) is 12.9. The number of hydrogen-bond donors (Lipinski definition) is 0. The molecule has 0 saturated heterocycles. The van der Waals surface area contributed by atoms with Crippen LogP contribution in [0.2, 0.25) is 0 Å². The Morgan fingerprint density at radius 1 is 0.257 bits per heavy atom. The van der Waals surface area contributed by atoms with E-state index in [0.717, 1.165) is 43.9 Å². The van der Waals surface area contributed by atoms with Gasteiger partial charge in [-0.05, 0) is 173 Å². The zero-order valence-electron chi connectivity index (χ0n) is 41.8. The number of benzene rings is 11. The first-order chi connectivity index (χ1) is 36.2. The maximum absolute atomic E-state index is 7.19. The van der Waals surface area contributed by atoms with Gasteiger partial charge in [-0.2, -0.15) is 0 Å². The number of furan rings is 2. The molecule has 0 amide bonds. The predicted octanol–water partition coefficient (Wildman–Crippen LogP) is 20.1. The largest absolute Gasteiger partial charge is 0.455 e. The summed E-state index contributed by atoms with van der Waals surface area (Å²) in [6.07, 6.45) is 0. The van der Waals surface area contributed by atoms with Gasteiger partial charge >= 0.3 is 0 Å². The van der Waals surface area contributed by atoms with Crippen LogP contribution in [0.25, 0.3) is 133 Å². The first kappa shape index (κ1) is 42.7. The minimum atomic E-state index is -0.369. The van der Waals surface area contributed by atoms with Gasteiger partial charge in [0.1, 0.15) is 22.3 Å². The van der Waals surface area contributed by atoms with Crippen molar-refractivity contribution in [2.75, 3.05) is 0 Å². The molecule has 0 aliphatic heterocycles. The summed E-state index contributed by atoms with van der Waals surface area (Å²) < 4.78 is 14.4. The van der Waals surface area contributed by atoms with E-state index in [4.69, 9.17) is 8.83 Å². The summed E-state index contributed by atoms with van der Waals surface area (Å²) in [7, 11) is 0. The van der Waals surface area contributed by atoms with Gasteiger partial charge in [0.2, 0.25) is 0 Å². The molecule has 0 spiro atoms. The molecule has 0 bridgehead atoms. The van der Waals surface area contributed by atoms with Gasteiger partial charge in [-0.15, -0.1) is 0 Å². The van der Waals surface area contributed by atoms with Gasteiger partial charge in [-0.1, -0.05) is 185 Å². The highest BCUT2D eigenvalue weighted by atomic mass is 16.3. The smallest absolute Gasteiger partial charge is 0.144 e. The van der Waals surface area contributed by atoms with Crippen LogP contribution in [0, 0.1) is 0 Å². The zero-order chi connectivity index (χ0) is 49.5. The Morgan fingerprint density at radius 3 is 0.878 bits per heavy atom. The topological polar surface area (TPSA) is 26.3 Å². The first-order valence-corrected chi connectivity index (χ1v) is 25.9. The second-order valence-corrected chi connectivity index (χ2v) is 21.6. The van der Waals surface area contributed by atoms with E-state index in [1.54, 1.807) is 0 Å². The molecule has 2 aliphatic carbocycles. The van der Waals surface area contributed by atoms with Crippen molar-refractivity contribution in [3.05, 3.63) is 253 Å². The lowest BCUT2D eigenvalue weighted by molar-refractivity contribution is 0.648. The molecule has 0 atom stereocenters. The summed E-state index contributed by atoms with van der Waals surface area (Å²) in [5.41, 5.74) is 27.2. The van der Waals surface area contributed by atoms with Crippen molar-refractivity contribution in [3.8, 4) is 89.0 Å². The molecular formula is C72H50O2. The van der Waals surface area contributed by atoms with E-state index in [0.29, 0.717) is 0 Å². The SMILES string of the molecule is CC1(C)c2cc3c(cc2-c2c1cc(-c1cc(-c4ccccc4)cc(-c4ccccc4)c1)c1c2oc2ccccc21)C(C)(C)c1cc(-c2cc(-c4ccccc4)cc(-c4ccccc4)c2)c2c(oc4ccccc42)c1-3. The average molecular weight is 947 g/mol. The molecule has 0 radical (unpaired) electrons. The van der Waals surface area contributed by atoms with Gasteiger partial charge in [-0.3, -0.25) is 0 Å². The summed E-state index contributed by atoms with van der Waals surface area (Å²) in [6, 6.07) is 84.5. The standard InChI is InChI=1S/C72H50O2/c1-71(2)59-41-58-60(42-57(59)67-61(71)39-55(65-53-29-17-19-31-63(53)73-69(65)67)51-35-47(43-21-9-5-10-22-43)33-48(36-51)44-23-11-6-12-24-44)72(3,4)62-40-56(66-54-30-18-20-32-64(54)74-70(66)68(58)62)52-37-49(45-25-13-7-14-26-45)34-50(38-52)46-27-15-8-16-28-46/h5-42H,1-4H3. The van der Waals surface area contributed by atoms with Crippen LogP contribution in [0.1, 0.15) is 49.9 Å². The Morgan fingerprint density at radius 2 is 0.541 bits per heavy atom. The van der Waals surface area contributed by atoms with Crippen molar-refractivity contribution < 1.29 is 8.83 Å². The van der Waals surface area contributed by atoms with Crippen LogP contribution in [0.5, 0.6) is 0 Å². The van der Waals surface area contributed by atoms with Gasteiger partial charge in [-0.25, -0.2) is 0 Å². The quantitative estimate of drug-likeness (QED) is 0.166. The number of rotatable bonds is 6. The van der Waals surface area contributed by atoms with E-state index >= 15 is 0 Å². The Hall–Kier alpha value is -8.98. The molecule has 13 aromatic rings. The Kier molecular flexibility index (Phi) is 9.09. The van der Waals surface area contributed by atoms with Crippen LogP contribution in [0.4, 0.5) is 0 Å². The van der Waals surface area contributed by atoms with E-state index in [9.17, 15) is 0 Å². The van der Waals surface area contributed by atoms with Crippen LogP contribution in [0.15, 0.2) is 239 Å². The van der Waals surface area contributed by atoms with Crippen molar-refractivity contribution in [2.45, 2.75) is 38.5 Å². The molecule has 0 N–H and O–H groups in total. The minimum absolute atomic E-state index is 0.369. The molecule has 0 fully saturated rings. The predicted molar refractivity (Wildman–Crippen MR) is 309 cm³/mol. The molecule has 74 heavy (non-hydrogen) atoms. The van der Waals surface area contributed by atoms with E-state index in [2.05, 4.69) is 258 Å². The van der Waals surface area contributed by atoms with Crippen LogP contribution in [-0.4, -0.2) is 0 Å². The molecule has 2 heteroatoms. The second-order valence-electron chi connectivity index (χ2n) is 21.6. The second kappa shape index (κ2) is 15.8. The molecule has 2 heterocycles. The number of hydrogen-bond acceptors (Lipinski definition) is 2. The van der Waals surface area contributed by atoms with Gasteiger partial charge in [0, 0.05) is 43.5 Å². The van der Waals surface area contributed by atoms with Gasteiger partial charge in [0.15, 0.2) is 0 Å². The third kappa shape index (κ3) is 6.24. The lowest BCUT2D eigenvalue weighted by atomic mass is 9.78. The van der Waals surface area contributed by atoms with Gasteiger partial charge in [0.05, 0.1) is 0 Å². The zero-order valence-corrected chi connectivity index (χ0v) is 41.8. The summed E-state index contributed by atoms with van der Waals surface area (Å²) in [4.78, 5) is 0. The summed E-state index contributed by atoms with van der Waals surface area (Å²) >= 11 is 0. The van der Waals surface area contributed by atoms with Crippen LogP contribution in [0.3, 0.4) is 0 Å². The average Bonchev–Trinajstić information content (AvgIpc) is 4.17. The van der Waals surface area contributed by atoms with E-state index < -0.39 is 0 Å². The molecule has 2 aliphatic rings. The normalized spacial score (nSPS) is 13.9. The van der Waals surface area contributed by atoms with Crippen molar-refractivity contribution in [2.24, 2.45) is 0 Å². The molecule has 350 valence electrons. The monoisotopic (exact) mass is 946 g/mol. The van der Waals surface area contributed by atoms with Crippen molar-refractivity contribution in [1.82, 2.24) is 0 Å². The van der Waals surface area contributed by atoms with Crippen LogP contribution >= 0.6 is 0 Å². The minimum Gasteiger partial charge on any atom is -0.455 e. The third-order valence-corrected chi connectivity index (χ3v) is 16.6. The van der Waals surface area contributed by atoms with E-state index in [1.165, 1.54) is 111 Å². The maximum Gasteiger partial charge on any atom is 0.144 e. The van der Waals surface area contributed by atoms with Gasteiger partial charge in [0.25, 0.3) is 0 Å². The summed E-state index contributed by atoms with van der Waals surface area (Å²) in [5.74, 6) is 0. The number of para-hydroxylation sites is 2. The van der Waals surface area contributed by atoms with Crippen molar-refractivity contribution in [1.29, 1.82) is 0 Å². The number of fused-ring (bicyclic) bond motifs is 14. The Bertz CT molecular complexity index is 4030. The molecule has 0 saturated carbocycles. The van der Waals surface area contributed by atoms with E-state index in [-0.39, 0.29) is 10.8 Å². The highest BCUT2D eigenvalue weighted by Crippen LogP contribution is 2.61. The maximum atomic E-state index is 7.19. The summed E-state index contributed by atoms with van der Waals surface area (Å²) in [6.45, 7) is 9.62. The molecular weight excluding hydrogens is 897 g/mol. The van der Waals surface area contributed by atoms with Crippen molar-refractivity contribution in [3.63, 3.8) is 0 Å². The van der Waals surface area contributed by atoms with Crippen LogP contribution < -0.4 is 0 Å². The molecule has 0 unspecified atom stereocenters. The highest BCUT2D eigenvalue weighted by Gasteiger charge is 2.45. The fourth-order valence-corrected chi connectivity index (χ4v) is 12.9. The van der Waals surface area contributed by atoms with Gasteiger partial charge < -0.3 is 8.83 Å². The third-order valence-electron chi connectivity index (χ3n) is 16.6. The lowest BCUT2D eigenvalue weighted by Gasteiger charge is -2.24. The fraction of sp³-hybridized carbons (Fsp3) is 0.0833. The van der Waals surface area contributed by atoms with E-state index in [1.807, 2.05) is 0 Å². The molecule has 11 aromatic carbocycles. The Balaban J connectivity index is 0.969. The Labute approximate surface area is 430 Å². The highest BCUT2D eigenvalue weighted by molar-refractivity contribution is 6.21. The van der Waals surface area contributed by atoms with Crippen LogP contribution in [-0.2, 0) is 10.8 Å². The molecule has 2 aromatic heterocycles. The lowest BCUT2D eigenvalue weighted by Crippen LogP contribution is -2.17. The molecule has 2 nitrogen and oxygen atoms in total.